The molecule has 226 valence electrons. The van der Waals surface area contributed by atoms with Crippen LogP contribution in [0.3, 0.4) is 0 Å². The van der Waals surface area contributed by atoms with Crippen molar-refractivity contribution in [2.45, 2.75) is 88.3 Å². The third kappa shape index (κ3) is 6.86. The van der Waals surface area contributed by atoms with Crippen molar-refractivity contribution in [1.82, 2.24) is 21.3 Å². The van der Waals surface area contributed by atoms with Gasteiger partial charge in [0.15, 0.2) is 0 Å². The molecule has 0 aromatic heterocycles. The van der Waals surface area contributed by atoms with Crippen molar-refractivity contribution < 1.29 is 0 Å². The minimum atomic E-state index is -0.353. The fourth-order valence-electron chi connectivity index (χ4n) is 7.00. The highest BCUT2D eigenvalue weighted by molar-refractivity contribution is 7.60. The molecule has 6 heteroatoms. The van der Waals surface area contributed by atoms with Gasteiger partial charge in [-0.1, -0.05) is 110 Å². The summed E-state index contributed by atoms with van der Waals surface area (Å²) >= 11 is 0. The Kier molecular flexibility index (Phi) is 9.95. The summed E-state index contributed by atoms with van der Waals surface area (Å²) in [5, 5.41) is 15.7. The molecule has 2 saturated heterocycles. The quantitative estimate of drug-likeness (QED) is 0.212. The van der Waals surface area contributed by atoms with E-state index in [0.29, 0.717) is 0 Å². The maximum Gasteiger partial charge on any atom is 0.0735 e. The Hall–Kier alpha value is -1.64. The SMILES string of the molecule is CC(C)(C)P(Cc1cc(-c2ccccc2)c(-c2ccccc2)cc1C(P)(C1NCCCN1)C1NCCCN1)C(C)(C)C. The average molecular weight is 603 g/mol. The Bertz CT molecular complexity index is 1270. The van der Waals surface area contributed by atoms with Gasteiger partial charge in [0.05, 0.1) is 17.5 Å². The summed E-state index contributed by atoms with van der Waals surface area (Å²) in [7, 11) is 3.03. The first-order valence-corrected chi connectivity index (χ1v) is 17.9. The predicted molar refractivity (Wildman–Crippen MR) is 188 cm³/mol. The van der Waals surface area contributed by atoms with E-state index in [4.69, 9.17) is 0 Å². The van der Waals surface area contributed by atoms with Crippen LogP contribution in [0.25, 0.3) is 22.3 Å². The monoisotopic (exact) mass is 602 g/mol. The third-order valence-electron chi connectivity index (χ3n) is 8.88. The molecule has 4 nitrogen and oxygen atoms in total. The van der Waals surface area contributed by atoms with Crippen LogP contribution in [0.5, 0.6) is 0 Å². The molecule has 0 amide bonds. The Morgan fingerprint density at radius 1 is 0.643 bits per heavy atom. The van der Waals surface area contributed by atoms with Gasteiger partial charge in [-0.25, -0.2) is 0 Å². The average Bonchev–Trinajstić information content (AvgIpc) is 2.99. The molecule has 2 aliphatic rings. The predicted octanol–water partition coefficient (Wildman–Crippen LogP) is 7.49. The second kappa shape index (κ2) is 13.2. The zero-order valence-electron chi connectivity index (χ0n) is 26.6. The molecule has 4 N–H and O–H groups in total. The van der Waals surface area contributed by atoms with Crippen LogP contribution in [-0.4, -0.2) is 48.8 Å². The topological polar surface area (TPSA) is 48.1 Å². The summed E-state index contributed by atoms with van der Waals surface area (Å²) in [6.07, 6.45) is 3.64. The smallest absolute Gasteiger partial charge is 0.0735 e. The molecule has 0 saturated carbocycles. The van der Waals surface area contributed by atoms with Gasteiger partial charge in [0, 0.05) is 0 Å². The summed E-state index contributed by atoms with van der Waals surface area (Å²) in [6, 6.07) is 27.1. The van der Waals surface area contributed by atoms with Crippen LogP contribution in [0.2, 0.25) is 0 Å². The van der Waals surface area contributed by atoms with Crippen LogP contribution in [0.1, 0.15) is 65.5 Å². The molecule has 2 aliphatic heterocycles. The first kappa shape index (κ1) is 31.8. The molecule has 3 aromatic rings. The van der Waals surface area contributed by atoms with Gasteiger partial charge in [0.2, 0.25) is 0 Å². The van der Waals surface area contributed by atoms with E-state index in [1.807, 2.05) is 0 Å². The number of hydrogen-bond acceptors (Lipinski definition) is 4. The zero-order valence-corrected chi connectivity index (χ0v) is 28.6. The molecule has 2 fully saturated rings. The van der Waals surface area contributed by atoms with Gasteiger partial charge in [-0.15, -0.1) is 9.24 Å². The largest absolute Gasteiger partial charge is 0.301 e. The van der Waals surface area contributed by atoms with E-state index in [0.717, 1.165) is 45.2 Å². The highest BCUT2D eigenvalue weighted by Crippen LogP contribution is 2.62. The summed E-state index contributed by atoms with van der Waals surface area (Å²) in [6.45, 7) is 18.8. The van der Waals surface area contributed by atoms with Gasteiger partial charge < -0.3 is 21.3 Å². The normalized spacial score (nSPS) is 18.0. The van der Waals surface area contributed by atoms with E-state index in [1.54, 1.807) is 0 Å². The second-order valence-electron chi connectivity index (χ2n) is 14.0. The highest BCUT2D eigenvalue weighted by Gasteiger charge is 2.47. The number of benzene rings is 3. The van der Waals surface area contributed by atoms with Gasteiger partial charge in [-0.3, -0.25) is 0 Å². The molecule has 42 heavy (non-hydrogen) atoms. The van der Waals surface area contributed by atoms with Gasteiger partial charge >= 0.3 is 0 Å². The Morgan fingerprint density at radius 2 is 1.05 bits per heavy atom. The minimum absolute atomic E-state index is 0.125. The van der Waals surface area contributed by atoms with Crippen LogP contribution in [0.15, 0.2) is 72.8 Å². The molecule has 1 unspecified atom stereocenters. The van der Waals surface area contributed by atoms with Gasteiger partial charge in [0.1, 0.15) is 0 Å². The van der Waals surface area contributed by atoms with Crippen molar-refractivity contribution >= 4 is 17.2 Å². The Balaban J connectivity index is 1.80. The van der Waals surface area contributed by atoms with Crippen molar-refractivity contribution in [2.24, 2.45) is 0 Å². The zero-order chi connectivity index (χ0) is 30.0. The lowest BCUT2D eigenvalue weighted by molar-refractivity contribution is 0.206. The van der Waals surface area contributed by atoms with Crippen LogP contribution in [0, 0.1) is 0 Å². The molecule has 0 spiro atoms. The second-order valence-corrected chi connectivity index (χ2v) is 18.8. The van der Waals surface area contributed by atoms with E-state index in [9.17, 15) is 0 Å². The molecule has 0 bridgehead atoms. The number of nitrogens with one attached hydrogen (secondary N) is 4. The van der Waals surface area contributed by atoms with Crippen LogP contribution < -0.4 is 21.3 Å². The fourth-order valence-corrected chi connectivity index (χ4v) is 11.3. The van der Waals surface area contributed by atoms with E-state index in [2.05, 4.69) is 145 Å². The number of hydrogen-bond donors (Lipinski definition) is 4. The molecular weight excluding hydrogens is 550 g/mol. The van der Waals surface area contributed by atoms with Crippen molar-refractivity contribution in [3.63, 3.8) is 0 Å². The molecule has 5 rings (SSSR count). The summed E-state index contributed by atoms with van der Waals surface area (Å²) in [4.78, 5) is 0. The van der Waals surface area contributed by atoms with Crippen molar-refractivity contribution in [2.75, 3.05) is 26.2 Å². The standard InChI is InChI=1S/C36H52N4P2/c1-34(2,3)42(35(4,5)6)25-28-23-29(26-15-9-7-10-16-26)30(27-17-11-8-12-18-27)24-31(28)36(41,32-37-19-13-20-38-32)33-39-21-14-22-40-33/h7-12,15-18,23-24,32-33,37-40H,13-14,19-22,25,41H2,1-6H3. The van der Waals surface area contributed by atoms with Gasteiger partial charge in [0.25, 0.3) is 0 Å². The lowest BCUT2D eigenvalue weighted by Crippen LogP contribution is -2.69. The first-order chi connectivity index (χ1) is 20.0. The molecular formula is C36H52N4P2. The van der Waals surface area contributed by atoms with Gasteiger partial charge in [-0.05, 0) is 101 Å². The molecule has 0 aliphatic carbocycles. The molecule has 0 radical (unpaired) electrons. The molecule has 3 aromatic carbocycles. The summed E-state index contributed by atoms with van der Waals surface area (Å²) in [5.41, 5.74) is 8.06. The van der Waals surface area contributed by atoms with Crippen molar-refractivity contribution in [1.29, 1.82) is 0 Å². The number of rotatable bonds is 7. The summed E-state index contributed by atoms with van der Waals surface area (Å²) < 4.78 is 0. The van der Waals surface area contributed by atoms with E-state index < -0.39 is 0 Å². The Morgan fingerprint density at radius 3 is 1.45 bits per heavy atom. The third-order valence-corrected chi connectivity index (χ3v) is 13.8. The lowest BCUT2D eigenvalue weighted by atomic mass is 9.82. The lowest BCUT2D eigenvalue weighted by Gasteiger charge is -2.49. The van der Waals surface area contributed by atoms with Crippen LogP contribution >= 0.6 is 17.2 Å². The van der Waals surface area contributed by atoms with Gasteiger partial charge in [-0.2, -0.15) is 0 Å². The molecule has 1 atom stereocenters. The maximum atomic E-state index is 3.90. The van der Waals surface area contributed by atoms with Crippen LogP contribution in [0.4, 0.5) is 0 Å². The fraction of sp³-hybridized carbons (Fsp3) is 0.500. The van der Waals surface area contributed by atoms with E-state index in [-0.39, 0.29) is 35.7 Å². The van der Waals surface area contributed by atoms with E-state index in [1.165, 1.54) is 33.4 Å². The minimum Gasteiger partial charge on any atom is -0.301 e. The maximum absolute atomic E-state index is 3.90. The van der Waals surface area contributed by atoms with Crippen LogP contribution in [-0.2, 0) is 11.3 Å². The Labute approximate surface area is 258 Å². The summed E-state index contributed by atoms with van der Waals surface area (Å²) in [5.74, 6) is 0. The highest BCUT2D eigenvalue weighted by atomic mass is 31.1. The molecule has 2 heterocycles. The van der Waals surface area contributed by atoms with Crippen molar-refractivity contribution in [3.8, 4) is 22.3 Å². The van der Waals surface area contributed by atoms with Crippen molar-refractivity contribution in [3.05, 3.63) is 83.9 Å². The van der Waals surface area contributed by atoms with E-state index >= 15 is 0 Å². The first-order valence-electron chi connectivity index (χ1n) is 15.8.